The summed E-state index contributed by atoms with van der Waals surface area (Å²) in [5.74, 6) is -0.748. The minimum Gasteiger partial charge on any atom is -0.465 e. The minimum atomic E-state index is -3.94. The molecule has 22 heavy (non-hydrogen) atoms. The third-order valence-electron chi connectivity index (χ3n) is 3.66. The molecule has 1 aromatic carbocycles. The van der Waals surface area contributed by atoms with Crippen molar-refractivity contribution in [2.45, 2.75) is 37.1 Å². The van der Waals surface area contributed by atoms with Gasteiger partial charge in [-0.15, -0.1) is 0 Å². The molecule has 0 saturated carbocycles. The Bertz CT molecular complexity index is 642. The Kier molecular flexibility index (Phi) is 6.37. The smallest absolute Gasteiger partial charge is 0.339 e. The summed E-state index contributed by atoms with van der Waals surface area (Å²) in [5.41, 5.74) is 5.38. The molecule has 0 atom stereocenters. The van der Waals surface area contributed by atoms with E-state index in [0.717, 1.165) is 0 Å². The number of carbonyl (C=O) groups is 1. The van der Waals surface area contributed by atoms with E-state index in [1.807, 2.05) is 13.8 Å². The zero-order valence-electron chi connectivity index (χ0n) is 12.8. The number of sulfonamides is 1. The van der Waals surface area contributed by atoms with Gasteiger partial charge in [0.05, 0.1) is 17.6 Å². The first kappa shape index (κ1) is 18.9. The van der Waals surface area contributed by atoms with E-state index in [1.54, 1.807) is 0 Å². The Labute approximate surface area is 136 Å². The zero-order valence-corrected chi connectivity index (χ0v) is 14.4. The number of hydrogen-bond acceptors (Lipinski definition) is 5. The number of halogens is 1. The molecule has 124 valence electrons. The maximum atomic E-state index is 12.5. The van der Waals surface area contributed by atoms with Crippen molar-refractivity contribution >= 4 is 27.6 Å². The molecule has 0 amide bonds. The maximum absolute atomic E-state index is 12.5. The molecule has 0 aliphatic heterocycles. The molecule has 0 spiro atoms. The monoisotopic (exact) mass is 348 g/mol. The number of carbonyl (C=O) groups excluding carboxylic acids is 1. The van der Waals surface area contributed by atoms with E-state index in [0.29, 0.717) is 12.8 Å². The summed E-state index contributed by atoms with van der Waals surface area (Å²) >= 11 is 5.85. The van der Waals surface area contributed by atoms with Gasteiger partial charge in [0.1, 0.15) is 0 Å². The number of nitrogens with two attached hydrogens (primary N) is 1. The van der Waals surface area contributed by atoms with E-state index in [1.165, 1.54) is 25.3 Å². The van der Waals surface area contributed by atoms with Gasteiger partial charge in [-0.2, -0.15) is 0 Å². The fourth-order valence-corrected chi connectivity index (χ4v) is 3.41. The van der Waals surface area contributed by atoms with E-state index in [4.69, 9.17) is 17.3 Å². The summed E-state index contributed by atoms with van der Waals surface area (Å²) in [5, 5.41) is 0.207. The third kappa shape index (κ3) is 4.42. The van der Waals surface area contributed by atoms with Crippen LogP contribution in [-0.2, 0) is 14.8 Å². The quantitative estimate of drug-likeness (QED) is 0.733. The Morgan fingerprint density at radius 1 is 1.36 bits per heavy atom. The fraction of sp³-hybridized carbons (Fsp3) is 0.500. The summed E-state index contributed by atoms with van der Waals surface area (Å²) in [6, 6.07) is 3.96. The highest BCUT2D eigenvalue weighted by atomic mass is 35.5. The van der Waals surface area contributed by atoms with Crippen LogP contribution < -0.4 is 10.5 Å². The van der Waals surface area contributed by atoms with Crippen molar-refractivity contribution in [3.63, 3.8) is 0 Å². The van der Waals surface area contributed by atoms with E-state index < -0.39 is 21.5 Å². The fourth-order valence-electron chi connectivity index (χ4n) is 1.81. The predicted octanol–water partition coefficient (Wildman–Crippen LogP) is 1.92. The van der Waals surface area contributed by atoms with Gasteiger partial charge >= 0.3 is 5.97 Å². The Hall–Kier alpha value is -1.15. The first-order valence-corrected chi connectivity index (χ1v) is 8.71. The number of benzene rings is 1. The van der Waals surface area contributed by atoms with Gasteiger partial charge in [-0.3, -0.25) is 0 Å². The normalized spacial score (nSPS) is 12.2. The molecule has 8 heteroatoms. The van der Waals surface area contributed by atoms with Crippen LogP contribution in [0.5, 0.6) is 0 Å². The molecule has 3 N–H and O–H groups in total. The van der Waals surface area contributed by atoms with Crippen molar-refractivity contribution in [1.29, 1.82) is 0 Å². The molecule has 0 bridgehead atoms. The molecule has 0 fully saturated rings. The van der Waals surface area contributed by atoms with Crippen LogP contribution in [0.4, 0.5) is 0 Å². The van der Waals surface area contributed by atoms with Gasteiger partial charge in [0.2, 0.25) is 10.0 Å². The lowest BCUT2D eigenvalue weighted by atomic mass is 9.95. The summed E-state index contributed by atoms with van der Waals surface area (Å²) in [7, 11) is -2.76. The lowest BCUT2D eigenvalue weighted by Crippen LogP contribution is -2.49. The zero-order chi connectivity index (χ0) is 17.0. The molecule has 0 aromatic heterocycles. The number of ether oxygens (including phenoxy) is 1. The standard InChI is InChI=1S/C14H21ClN2O4S/c1-4-14(16,5-2)9-17-22(19,20)12-8-10(15)6-7-11(12)13(18)21-3/h6-8,17H,4-5,9,16H2,1-3H3. The van der Waals surface area contributed by atoms with Gasteiger partial charge in [0, 0.05) is 17.1 Å². The van der Waals surface area contributed by atoms with Gasteiger partial charge in [0.25, 0.3) is 0 Å². The van der Waals surface area contributed by atoms with Crippen LogP contribution >= 0.6 is 11.6 Å². The van der Waals surface area contributed by atoms with Crippen molar-refractivity contribution in [2.24, 2.45) is 5.73 Å². The van der Waals surface area contributed by atoms with Crippen LogP contribution in [0.15, 0.2) is 23.1 Å². The van der Waals surface area contributed by atoms with Crippen LogP contribution in [0.2, 0.25) is 5.02 Å². The number of methoxy groups -OCH3 is 1. The molecule has 1 aromatic rings. The van der Waals surface area contributed by atoms with Crippen LogP contribution in [0.3, 0.4) is 0 Å². The van der Waals surface area contributed by atoms with Gasteiger partial charge in [0.15, 0.2) is 0 Å². The molecule has 6 nitrogen and oxygen atoms in total. The highest BCUT2D eigenvalue weighted by Gasteiger charge is 2.27. The maximum Gasteiger partial charge on any atom is 0.339 e. The van der Waals surface area contributed by atoms with Crippen molar-refractivity contribution in [3.8, 4) is 0 Å². The van der Waals surface area contributed by atoms with E-state index in [2.05, 4.69) is 9.46 Å². The van der Waals surface area contributed by atoms with Gasteiger partial charge in [-0.05, 0) is 31.0 Å². The Balaban J connectivity index is 3.17. The van der Waals surface area contributed by atoms with Crippen molar-refractivity contribution < 1.29 is 17.9 Å². The highest BCUT2D eigenvalue weighted by Crippen LogP contribution is 2.22. The second-order valence-electron chi connectivity index (χ2n) is 5.03. The molecule has 1 rings (SSSR count). The number of nitrogens with one attached hydrogen (secondary N) is 1. The minimum absolute atomic E-state index is 0.0649. The first-order valence-electron chi connectivity index (χ1n) is 6.85. The topological polar surface area (TPSA) is 98.5 Å². The second kappa shape index (κ2) is 7.41. The molecule has 0 radical (unpaired) electrons. The van der Waals surface area contributed by atoms with Gasteiger partial charge in [-0.25, -0.2) is 17.9 Å². The molecular weight excluding hydrogens is 328 g/mol. The average Bonchev–Trinajstić information content (AvgIpc) is 2.52. The van der Waals surface area contributed by atoms with E-state index in [9.17, 15) is 13.2 Å². The highest BCUT2D eigenvalue weighted by molar-refractivity contribution is 7.89. The van der Waals surface area contributed by atoms with Crippen molar-refractivity contribution in [1.82, 2.24) is 4.72 Å². The van der Waals surface area contributed by atoms with Crippen LogP contribution in [0, 0.1) is 0 Å². The van der Waals surface area contributed by atoms with E-state index in [-0.39, 0.29) is 22.0 Å². The summed E-state index contributed by atoms with van der Waals surface area (Å²) in [6.45, 7) is 3.84. The van der Waals surface area contributed by atoms with Crippen molar-refractivity contribution in [3.05, 3.63) is 28.8 Å². The van der Waals surface area contributed by atoms with Gasteiger partial charge in [-0.1, -0.05) is 25.4 Å². The largest absolute Gasteiger partial charge is 0.465 e. The summed E-state index contributed by atoms with van der Waals surface area (Å²) in [6.07, 6.45) is 1.23. The Morgan fingerprint density at radius 2 is 1.95 bits per heavy atom. The third-order valence-corrected chi connectivity index (χ3v) is 5.34. The summed E-state index contributed by atoms with van der Waals surface area (Å²) in [4.78, 5) is 11.5. The van der Waals surface area contributed by atoms with Crippen LogP contribution in [0.25, 0.3) is 0 Å². The Morgan fingerprint density at radius 3 is 2.45 bits per heavy atom. The number of rotatable bonds is 7. The molecule has 0 saturated heterocycles. The second-order valence-corrected chi connectivity index (χ2v) is 7.20. The molecule has 0 heterocycles. The van der Waals surface area contributed by atoms with Crippen molar-refractivity contribution in [2.75, 3.05) is 13.7 Å². The molecular formula is C14H21ClN2O4S. The van der Waals surface area contributed by atoms with Crippen LogP contribution in [0.1, 0.15) is 37.0 Å². The predicted molar refractivity (Wildman–Crippen MR) is 85.5 cm³/mol. The lowest BCUT2D eigenvalue weighted by Gasteiger charge is -2.26. The van der Waals surface area contributed by atoms with E-state index >= 15 is 0 Å². The number of esters is 1. The summed E-state index contributed by atoms with van der Waals surface area (Å²) < 4.78 is 32.0. The van der Waals surface area contributed by atoms with Gasteiger partial charge < -0.3 is 10.5 Å². The molecule has 0 unspecified atom stereocenters. The lowest BCUT2D eigenvalue weighted by molar-refractivity contribution is 0.0596. The first-order chi connectivity index (χ1) is 10.2. The average molecular weight is 349 g/mol. The number of hydrogen-bond donors (Lipinski definition) is 2. The SMILES string of the molecule is CCC(N)(CC)CNS(=O)(=O)c1cc(Cl)ccc1C(=O)OC. The molecule has 0 aliphatic rings. The van der Waals surface area contributed by atoms with Crippen LogP contribution in [-0.4, -0.2) is 33.6 Å². The molecule has 0 aliphatic carbocycles.